The highest BCUT2D eigenvalue weighted by molar-refractivity contribution is 6.30. The van der Waals surface area contributed by atoms with Crippen LogP contribution >= 0.6 is 11.6 Å². The largest absolute Gasteiger partial charge is 0.449 e. The quantitative estimate of drug-likeness (QED) is 0.838. The lowest BCUT2D eigenvalue weighted by Crippen LogP contribution is -2.35. The number of nitrogens with one attached hydrogen (secondary N) is 1. The molecule has 0 aliphatic heterocycles. The Hall–Kier alpha value is -2.40. The van der Waals surface area contributed by atoms with Crippen molar-refractivity contribution in [3.63, 3.8) is 0 Å². The third-order valence-electron chi connectivity index (χ3n) is 3.39. The van der Waals surface area contributed by atoms with Crippen LogP contribution in [-0.4, -0.2) is 18.0 Å². The van der Waals surface area contributed by atoms with Gasteiger partial charge in [0, 0.05) is 11.6 Å². The number of hydrogen-bond acceptors (Lipinski definition) is 3. The molecule has 2 aromatic rings. The Balaban J connectivity index is 1.92. The summed E-state index contributed by atoms with van der Waals surface area (Å²) in [6.07, 6.45) is -1.05. The summed E-state index contributed by atoms with van der Waals surface area (Å²) in [7, 11) is 0. The van der Waals surface area contributed by atoms with E-state index in [0.717, 1.165) is 23.3 Å². The summed E-state index contributed by atoms with van der Waals surface area (Å²) < 4.78 is 18.6. The Labute approximate surface area is 144 Å². The first kappa shape index (κ1) is 17.9. The van der Waals surface area contributed by atoms with Gasteiger partial charge in [-0.05, 0) is 37.6 Å². The lowest BCUT2D eigenvalue weighted by molar-refractivity contribution is -0.129. The minimum Gasteiger partial charge on any atom is -0.449 e. The maximum Gasteiger partial charge on any atom is 0.341 e. The predicted octanol–water partition coefficient (Wildman–Crippen LogP) is 3.65. The fourth-order valence-electron chi connectivity index (χ4n) is 1.97. The van der Waals surface area contributed by atoms with Crippen LogP contribution in [0.15, 0.2) is 42.5 Å². The van der Waals surface area contributed by atoms with E-state index in [4.69, 9.17) is 16.3 Å². The zero-order valence-electron chi connectivity index (χ0n) is 13.3. The Bertz CT molecular complexity index is 746. The van der Waals surface area contributed by atoms with Crippen molar-refractivity contribution in [2.75, 3.05) is 0 Å². The van der Waals surface area contributed by atoms with Crippen molar-refractivity contribution in [1.82, 2.24) is 5.32 Å². The van der Waals surface area contributed by atoms with Crippen LogP contribution in [0.25, 0.3) is 0 Å². The van der Waals surface area contributed by atoms with E-state index in [2.05, 4.69) is 5.32 Å². The van der Waals surface area contributed by atoms with Crippen molar-refractivity contribution in [1.29, 1.82) is 0 Å². The van der Waals surface area contributed by atoms with Gasteiger partial charge >= 0.3 is 5.97 Å². The van der Waals surface area contributed by atoms with Crippen molar-refractivity contribution in [3.8, 4) is 0 Å². The highest BCUT2D eigenvalue weighted by Crippen LogP contribution is 2.16. The number of halogens is 2. The Morgan fingerprint density at radius 2 is 1.88 bits per heavy atom. The van der Waals surface area contributed by atoms with Gasteiger partial charge in [0.05, 0.1) is 5.56 Å². The van der Waals surface area contributed by atoms with Crippen molar-refractivity contribution < 1.29 is 18.7 Å². The zero-order valence-corrected chi connectivity index (χ0v) is 14.1. The van der Waals surface area contributed by atoms with Crippen LogP contribution in [0.5, 0.6) is 0 Å². The summed E-state index contributed by atoms with van der Waals surface area (Å²) in [6.45, 7) is 3.70. The molecule has 0 aliphatic carbocycles. The molecule has 0 unspecified atom stereocenters. The average molecular weight is 350 g/mol. The number of carbonyl (C=O) groups excluding carboxylic acids is 2. The van der Waals surface area contributed by atoms with Crippen LogP contribution < -0.4 is 5.32 Å². The minimum atomic E-state index is -1.05. The van der Waals surface area contributed by atoms with E-state index in [-0.39, 0.29) is 10.6 Å². The zero-order chi connectivity index (χ0) is 17.7. The first-order valence-corrected chi connectivity index (χ1v) is 7.74. The Kier molecular flexibility index (Phi) is 5.93. The number of amides is 1. The van der Waals surface area contributed by atoms with Crippen LogP contribution in [0, 0.1) is 12.7 Å². The fraction of sp³-hybridized carbons (Fsp3) is 0.222. The third kappa shape index (κ3) is 4.80. The molecule has 0 spiro atoms. The number of ether oxygens (including phenoxy) is 1. The third-order valence-corrected chi connectivity index (χ3v) is 3.62. The summed E-state index contributed by atoms with van der Waals surface area (Å²) in [4.78, 5) is 23.9. The lowest BCUT2D eigenvalue weighted by atomic mass is 10.1. The fourth-order valence-corrected chi connectivity index (χ4v) is 2.14. The van der Waals surface area contributed by atoms with Gasteiger partial charge in [0.2, 0.25) is 0 Å². The summed E-state index contributed by atoms with van der Waals surface area (Å²) in [5, 5.41) is 2.87. The molecule has 0 bridgehead atoms. The van der Waals surface area contributed by atoms with Gasteiger partial charge in [-0.2, -0.15) is 0 Å². The van der Waals surface area contributed by atoms with Gasteiger partial charge in [0.25, 0.3) is 5.91 Å². The second kappa shape index (κ2) is 7.93. The molecule has 4 nitrogen and oxygen atoms in total. The highest BCUT2D eigenvalue weighted by Gasteiger charge is 2.21. The first-order chi connectivity index (χ1) is 11.4. The molecule has 126 valence electrons. The van der Waals surface area contributed by atoms with Crippen molar-refractivity contribution in [2.24, 2.45) is 0 Å². The average Bonchev–Trinajstić information content (AvgIpc) is 2.56. The van der Waals surface area contributed by atoms with E-state index in [1.165, 1.54) is 13.0 Å². The number of carbonyl (C=O) groups is 2. The standard InChI is InChI=1S/C18H17ClFNO3/c1-11-3-5-13(6-4-11)10-21-17(22)12(2)24-18(23)15-9-14(19)7-8-16(15)20/h3-9,12H,10H2,1-2H3,(H,21,22)/t12-/m1/s1. The molecule has 0 saturated heterocycles. The number of esters is 1. The molecule has 24 heavy (non-hydrogen) atoms. The molecule has 2 rings (SSSR count). The van der Waals surface area contributed by atoms with E-state index in [1.54, 1.807) is 0 Å². The molecule has 0 fully saturated rings. The van der Waals surface area contributed by atoms with Crippen molar-refractivity contribution in [3.05, 3.63) is 70.0 Å². The molecule has 1 amide bonds. The molecule has 2 aromatic carbocycles. The molecule has 6 heteroatoms. The summed E-state index contributed by atoms with van der Waals surface area (Å²) in [5.41, 5.74) is 1.74. The lowest BCUT2D eigenvalue weighted by Gasteiger charge is -2.14. The summed E-state index contributed by atoms with van der Waals surface area (Å²) in [5.74, 6) is -2.16. The summed E-state index contributed by atoms with van der Waals surface area (Å²) in [6, 6.07) is 11.2. The number of rotatable bonds is 5. The normalized spacial score (nSPS) is 11.7. The molecule has 0 aromatic heterocycles. The topological polar surface area (TPSA) is 55.4 Å². The Morgan fingerprint density at radius 3 is 2.54 bits per heavy atom. The van der Waals surface area contributed by atoms with E-state index in [1.807, 2.05) is 31.2 Å². The van der Waals surface area contributed by atoms with E-state index < -0.39 is 23.8 Å². The number of benzene rings is 2. The van der Waals surface area contributed by atoms with E-state index >= 15 is 0 Å². The monoisotopic (exact) mass is 349 g/mol. The van der Waals surface area contributed by atoms with Gasteiger partial charge in [0.1, 0.15) is 5.82 Å². The van der Waals surface area contributed by atoms with Crippen LogP contribution in [0.2, 0.25) is 5.02 Å². The van der Waals surface area contributed by atoms with Gasteiger partial charge < -0.3 is 10.1 Å². The van der Waals surface area contributed by atoms with Crippen molar-refractivity contribution >= 4 is 23.5 Å². The second-order valence-electron chi connectivity index (χ2n) is 5.38. The van der Waals surface area contributed by atoms with E-state index in [9.17, 15) is 14.0 Å². The van der Waals surface area contributed by atoms with Gasteiger partial charge in [0.15, 0.2) is 6.10 Å². The number of hydrogen-bond donors (Lipinski definition) is 1. The van der Waals surface area contributed by atoms with Crippen molar-refractivity contribution in [2.45, 2.75) is 26.5 Å². The van der Waals surface area contributed by atoms with E-state index in [0.29, 0.717) is 6.54 Å². The van der Waals surface area contributed by atoms with Crippen LogP contribution in [-0.2, 0) is 16.1 Å². The van der Waals surface area contributed by atoms with Gasteiger partial charge in [-0.25, -0.2) is 9.18 Å². The molecule has 0 aliphatic rings. The predicted molar refractivity (Wildman–Crippen MR) is 89.3 cm³/mol. The smallest absolute Gasteiger partial charge is 0.341 e. The summed E-state index contributed by atoms with van der Waals surface area (Å²) >= 11 is 5.73. The van der Waals surface area contributed by atoms with Crippen LogP contribution in [0.1, 0.15) is 28.4 Å². The first-order valence-electron chi connectivity index (χ1n) is 7.36. The molecular formula is C18H17ClFNO3. The second-order valence-corrected chi connectivity index (χ2v) is 5.81. The molecule has 1 atom stereocenters. The molecule has 1 N–H and O–H groups in total. The number of aryl methyl sites for hydroxylation is 1. The van der Waals surface area contributed by atoms with Crippen LogP contribution in [0.4, 0.5) is 4.39 Å². The Morgan fingerprint density at radius 1 is 1.21 bits per heavy atom. The highest BCUT2D eigenvalue weighted by atomic mass is 35.5. The van der Waals surface area contributed by atoms with Gasteiger partial charge in [-0.15, -0.1) is 0 Å². The molecule has 0 saturated carbocycles. The molecular weight excluding hydrogens is 333 g/mol. The molecule has 0 radical (unpaired) electrons. The minimum absolute atomic E-state index is 0.208. The van der Waals surface area contributed by atoms with Crippen LogP contribution in [0.3, 0.4) is 0 Å². The maximum atomic E-state index is 13.6. The maximum absolute atomic E-state index is 13.6. The van der Waals surface area contributed by atoms with Gasteiger partial charge in [-0.1, -0.05) is 41.4 Å². The molecule has 0 heterocycles. The van der Waals surface area contributed by atoms with Gasteiger partial charge in [-0.3, -0.25) is 4.79 Å². The SMILES string of the molecule is Cc1ccc(CNC(=O)[C@@H](C)OC(=O)c2cc(Cl)ccc2F)cc1.